The van der Waals surface area contributed by atoms with Gasteiger partial charge in [0.05, 0.1) is 0 Å². The Morgan fingerprint density at radius 3 is 0.741 bits per heavy atom. The number of hydrogen-bond acceptors (Lipinski definition) is 0. The standard InChI is InChI=1S/C25H23P.BrH/c1-26(22-14-6-2-7-15-22,23-16-8-3-9-17-23,24-18-10-4-11-19-24)25-20-12-5-13-21-25;/h2-21H,1H3;1H. The first-order valence-corrected chi connectivity index (χ1v) is 11.7. The summed E-state index contributed by atoms with van der Waals surface area (Å²) in [4.78, 5) is 0. The third kappa shape index (κ3) is 2.96. The van der Waals surface area contributed by atoms with Crippen LogP contribution in [0.15, 0.2) is 121 Å². The Balaban J connectivity index is 0.00000210. The molecule has 0 spiro atoms. The van der Waals surface area contributed by atoms with Gasteiger partial charge in [0.15, 0.2) is 0 Å². The Morgan fingerprint density at radius 2 is 0.556 bits per heavy atom. The average Bonchev–Trinajstić information content (AvgIpc) is 2.76. The predicted molar refractivity (Wildman–Crippen MR) is 127 cm³/mol. The van der Waals surface area contributed by atoms with Gasteiger partial charge in [-0.3, -0.25) is 0 Å². The van der Waals surface area contributed by atoms with Crippen molar-refractivity contribution >= 4 is 44.8 Å². The molecular formula is C25H24BrP. The Morgan fingerprint density at radius 1 is 0.370 bits per heavy atom. The van der Waals surface area contributed by atoms with Gasteiger partial charge in [0.1, 0.15) is 0 Å². The van der Waals surface area contributed by atoms with E-state index < -0.39 is 6.60 Å². The van der Waals surface area contributed by atoms with E-state index in [1.54, 1.807) is 0 Å². The first kappa shape index (κ1) is 19.5. The maximum atomic E-state index is 2.49. The fourth-order valence-electron chi connectivity index (χ4n) is 4.10. The second kappa shape index (κ2) is 7.80. The molecule has 0 atom stereocenters. The van der Waals surface area contributed by atoms with Crippen LogP contribution in [-0.4, -0.2) is 6.66 Å². The maximum absolute atomic E-state index is 2.82. The average molecular weight is 435 g/mol. The van der Waals surface area contributed by atoms with Gasteiger partial charge in [0.2, 0.25) is 0 Å². The van der Waals surface area contributed by atoms with Crippen molar-refractivity contribution in [3.8, 4) is 0 Å². The zero-order chi connectivity index (χ0) is 17.9. The van der Waals surface area contributed by atoms with Crippen molar-refractivity contribution in [2.75, 3.05) is 6.66 Å². The zero-order valence-electron chi connectivity index (χ0n) is 15.4. The van der Waals surface area contributed by atoms with Gasteiger partial charge in [-0.25, -0.2) is 0 Å². The molecule has 0 saturated heterocycles. The normalized spacial score (nSPS) is 12.4. The van der Waals surface area contributed by atoms with Crippen molar-refractivity contribution in [1.82, 2.24) is 0 Å². The summed E-state index contributed by atoms with van der Waals surface area (Å²) in [5, 5.41) is 5.56. The van der Waals surface area contributed by atoms with Gasteiger partial charge in [-0.15, -0.1) is 17.0 Å². The molecule has 0 fully saturated rings. The molecule has 4 aromatic carbocycles. The quantitative estimate of drug-likeness (QED) is 0.394. The molecule has 0 unspecified atom stereocenters. The molecular weight excluding hydrogens is 411 g/mol. The summed E-state index contributed by atoms with van der Waals surface area (Å²) in [6.45, 7) is -0.329. The van der Waals surface area contributed by atoms with E-state index in [1.807, 2.05) is 0 Å². The van der Waals surface area contributed by atoms with Gasteiger partial charge in [-0.05, 0) is 0 Å². The molecule has 0 N–H and O–H groups in total. The summed E-state index contributed by atoms with van der Waals surface area (Å²) in [7, 11) is 0. The monoisotopic (exact) mass is 434 g/mol. The van der Waals surface area contributed by atoms with Crippen molar-refractivity contribution in [3.05, 3.63) is 121 Å². The van der Waals surface area contributed by atoms with E-state index in [-0.39, 0.29) is 17.0 Å². The number of halogens is 1. The third-order valence-corrected chi connectivity index (χ3v) is 12.0. The predicted octanol–water partition coefficient (Wildman–Crippen LogP) is 5.05. The van der Waals surface area contributed by atoms with Crippen LogP contribution in [0.2, 0.25) is 0 Å². The molecule has 0 aliphatic rings. The molecule has 0 bridgehead atoms. The minimum atomic E-state index is -2.82. The van der Waals surface area contributed by atoms with Crippen LogP contribution >= 0.6 is 23.6 Å². The van der Waals surface area contributed by atoms with Crippen molar-refractivity contribution < 1.29 is 0 Å². The van der Waals surface area contributed by atoms with E-state index in [0.29, 0.717) is 0 Å². The summed E-state index contributed by atoms with van der Waals surface area (Å²) in [5.41, 5.74) is 0. The summed E-state index contributed by atoms with van der Waals surface area (Å²) >= 11 is 0. The van der Waals surface area contributed by atoms with Crippen LogP contribution in [0.5, 0.6) is 0 Å². The second-order valence-corrected chi connectivity index (χ2v) is 12.1. The SMILES string of the molecule is Br.CP(c1ccccc1)(c1ccccc1)(c1ccccc1)c1ccccc1. The van der Waals surface area contributed by atoms with Gasteiger partial charge >= 0.3 is 156 Å². The number of benzene rings is 4. The van der Waals surface area contributed by atoms with Gasteiger partial charge < -0.3 is 0 Å². The van der Waals surface area contributed by atoms with E-state index in [2.05, 4.69) is 128 Å². The Kier molecular flexibility index (Phi) is 5.65. The van der Waals surface area contributed by atoms with E-state index in [1.165, 1.54) is 21.2 Å². The van der Waals surface area contributed by atoms with E-state index in [9.17, 15) is 0 Å². The third-order valence-electron chi connectivity index (χ3n) is 5.61. The number of rotatable bonds is 4. The molecule has 0 heterocycles. The summed E-state index contributed by atoms with van der Waals surface area (Å²) in [6, 6.07) is 44.1. The van der Waals surface area contributed by atoms with Crippen molar-refractivity contribution in [2.45, 2.75) is 0 Å². The van der Waals surface area contributed by atoms with Crippen LogP contribution in [0, 0.1) is 0 Å². The van der Waals surface area contributed by atoms with Crippen LogP contribution in [0.25, 0.3) is 0 Å². The first-order valence-electron chi connectivity index (χ1n) is 8.98. The molecule has 2 heteroatoms. The zero-order valence-corrected chi connectivity index (χ0v) is 18.0. The summed E-state index contributed by atoms with van der Waals surface area (Å²) < 4.78 is 0. The topological polar surface area (TPSA) is 0 Å². The van der Waals surface area contributed by atoms with E-state index >= 15 is 0 Å². The van der Waals surface area contributed by atoms with Crippen molar-refractivity contribution in [2.24, 2.45) is 0 Å². The minimum absolute atomic E-state index is 0. The Bertz CT molecular complexity index is 814. The van der Waals surface area contributed by atoms with Crippen LogP contribution in [0.3, 0.4) is 0 Å². The summed E-state index contributed by atoms with van der Waals surface area (Å²) in [5.74, 6) is 0. The van der Waals surface area contributed by atoms with Gasteiger partial charge in [-0.2, -0.15) is 0 Å². The van der Waals surface area contributed by atoms with Gasteiger partial charge in [0.25, 0.3) is 0 Å². The van der Waals surface area contributed by atoms with Crippen LogP contribution in [-0.2, 0) is 0 Å². The molecule has 4 aromatic rings. The van der Waals surface area contributed by atoms with E-state index in [0.717, 1.165) is 0 Å². The molecule has 0 aliphatic carbocycles. The first-order chi connectivity index (χ1) is 12.7. The van der Waals surface area contributed by atoms with Crippen LogP contribution in [0.4, 0.5) is 0 Å². The second-order valence-electron chi connectivity index (χ2n) is 6.91. The Hall–Kier alpha value is -2.21. The van der Waals surface area contributed by atoms with Gasteiger partial charge in [0, 0.05) is 0 Å². The van der Waals surface area contributed by atoms with Crippen molar-refractivity contribution in [1.29, 1.82) is 0 Å². The fraction of sp³-hybridized carbons (Fsp3) is 0.0400. The molecule has 0 radical (unpaired) electrons. The van der Waals surface area contributed by atoms with Crippen molar-refractivity contribution in [3.63, 3.8) is 0 Å². The number of hydrogen-bond donors (Lipinski definition) is 0. The Labute approximate surface area is 172 Å². The van der Waals surface area contributed by atoms with Gasteiger partial charge in [-0.1, -0.05) is 0 Å². The summed E-state index contributed by atoms with van der Waals surface area (Å²) in [6.07, 6.45) is 0. The molecule has 136 valence electrons. The molecule has 0 nitrogen and oxygen atoms in total. The molecule has 0 saturated carbocycles. The van der Waals surface area contributed by atoms with E-state index in [4.69, 9.17) is 0 Å². The molecule has 0 aromatic heterocycles. The molecule has 0 aliphatic heterocycles. The molecule has 27 heavy (non-hydrogen) atoms. The fourth-order valence-corrected chi connectivity index (χ4v) is 9.56. The molecule has 0 amide bonds. The molecule has 4 rings (SSSR count). The van der Waals surface area contributed by atoms with Crippen LogP contribution < -0.4 is 21.2 Å². The van der Waals surface area contributed by atoms with Crippen LogP contribution in [0.1, 0.15) is 0 Å².